The van der Waals surface area contributed by atoms with E-state index in [0.717, 1.165) is 10.6 Å². The van der Waals surface area contributed by atoms with Crippen LogP contribution in [0.25, 0.3) is 0 Å². The molecule has 5 nitrogen and oxygen atoms in total. The van der Waals surface area contributed by atoms with Gasteiger partial charge in [-0.15, -0.1) is 11.8 Å². The standard InChI is InChI=1S/C21H26N2O3S/c1-21(2,3)26-20(25)23(4)14-19(24)22-17-10-12-18(13-11-17)27-15-16-8-6-5-7-9-16/h5-13H,14-15H2,1-4H3,(H,22,24). The molecule has 1 N–H and O–H groups in total. The normalized spacial score (nSPS) is 11.0. The second-order valence-corrected chi connectivity index (χ2v) is 8.23. The summed E-state index contributed by atoms with van der Waals surface area (Å²) in [7, 11) is 1.54. The summed E-state index contributed by atoms with van der Waals surface area (Å²) in [5.41, 5.74) is 1.38. The lowest BCUT2D eigenvalue weighted by Crippen LogP contribution is -2.38. The summed E-state index contributed by atoms with van der Waals surface area (Å²) in [5, 5.41) is 2.79. The Hall–Kier alpha value is -2.47. The van der Waals surface area contributed by atoms with Gasteiger partial charge in [0.05, 0.1) is 0 Å². The molecule has 0 spiro atoms. The highest BCUT2D eigenvalue weighted by Gasteiger charge is 2.21. The van der Waals surface area contributed by atoms with E-state index in [0.29, 0.717) is 5.69 Å². The molecule has 144 valence electrons. The molecule has 0 aliphatic carbocycles. The lowest BCUT2D eigenvalue weighted by atomic mass is 10.2. The predicted octanol–water partition coefficient (Wildman–Crippen LogP) is 4.78. The number of carbonyl (C=O) groups excluding carboxylic acids is 2. The Morgan fingerprint density at radius 1 is 1.04 bits per heavy atom. The molecule has 6 heteroatoms. The minimum absolute atomic E-state index is 0.0700. The second-order valence-electron chi connectivity index (χ2n) is 7.18. The van der Waals surface area contributed by atoms with Gasteiger partial charge in [0, 0.05) is 23.4 Å². The van der Waals surface area contributed by atoms with E-state index in [-0.39, 0.29) is 12.5 Å². The quantitative estimate of drug-likeness (QED) is 0.726. The molecule has 0 saturated carbocycles. The third-order valence-electron chi connectivity index (χ3n) is 3.47. The van der Waals surface area contributed by atoms with Gasteiger partial charge >= 0.3 is 6.09 Å². The Kier molecular flexibility index (Phi) is 7.30. The molecule has 2 amide bonds. The van der Waals surface area contributed by atoms with E-state index in [1.807, 2.05) is 42.5 Å². The first-order chi connectivity index (χ1) is 12.7. The number of amides is 2. The van der Waals surface area contributed by atoms with Gasteiger partial charge in [-0.2, -0.15) is 0 Å². The molecule has 0 aromatic heterocycles. The van der Waals surface area contributed by atoms with Crippen LogP contribution in [0.1, 0.15) is 26.3 Å². The smallest absolute Gasteiger partial charge is 0.410 e. The summed E-state index contributed by atoms with van der Waals surface area (Å²) in [4.78, 5) is 26.4. The number of rotatable bonds is 6. The average molecular weight is 387 g/mol. The number of hydrogen-bond acceptors (Lipinski definition) is 4. The van der Waals surface area contributed by atoms with Crippen molar-refractivity contribution in [2.45, 2.75) is 37.0 Å². The molecule has 0 atom stereocenters. The van der Waals surface area contributed by atoms with Crippen LogP contribution in [0.4, 0.5) is 10.5 Å². The van der Waals surface area contributed by atoms with Crippen LogP contribution < -0.4 is 5.32 Å². The topological polar surface area (TPSA) is 58.6 Å². The van der Waals surface area contributed by atoms with Gasteiger partial charge in [-0.25, -0.2) is 4.79 Å². The molecule has 0 unspecified atom stereocenters. The fraction of sp³-hybridized carbons (Fsp3) is 0.333. The minimum Gasteiger partial charge on any atom is -0.444 e. The number of nitrogens with one attached hydrogen (secondary N) is 1. The van der Waals surface area contributed by atoms with Crippen LogP contribution in [-0.2, 0) is 15.3 Å². The summed E-state index contributed by atoms with van der Waals surface area (Å²) in [6, 6.07) is 17.9. The molecule has 0 heterocycles. The van der Waals surface area contributed by atoms with Gasteiger partial charge < -0.3 is 15.0 Å². The van der Waals surface area contributed by atoms with Crippen molar-refractivity contribution in [3.8, 4) is 0 Å². The van der Waals surface area contributed by atoms with E-state index >= 15 is 0 Å². The SMILES string of the molecule is CN(CC(=O)Nc1ccc(SCc2ccccc2)cc1)C(=O)OC(C)(C)C. The second kappa shape index (κ2) is 9.46. The van der Waals surface area contributed by atoms with Crippen LogP contribution in [0.15, 0.2) is 59.5 Å². The highest BCUT2D eigenvalue weighted by Crippen LogP contribution is 2.24. The minimum atomic E-state index is -0.588. The zero-order valence-corrected chi connectivity index (χ0v) is 17.0. The largest absolute Gasteiger partial charge is 0.444 e. The Morgan fingerprint density at radius 2 is 1.67 bits per heavy atom. The van der Waals surface area contributed by atoms with Gasteiger partial charge in [-0.3, -0.25) is 4.79 Å². The lowest BCUT2D eigenvalue weighted by Gasteiger charge is -2.24. The van der Waals surface area contributed by atoms with Gasteiger partial charge in [-0.1, -0.05) is 30.3 Å². The number of benzene rings is 2. The van der Waals surface area contributed by atoms with Crippen molar-refractivity contribution in [2.75, 3.05) is 18.9 Å². The van der Waals surface area contributed by atoms with E-state index in [9.17, 15) is 9.59 Å². The molecule has 2 rings (SSSR count). The molecule has 0 fully saturated rings. The summed E-state index contributed by atoms with van der Waals surface area (Å²) in [6.07, 6.45) is -0.523. The molecular weight excluding hydrogens is 360 g/mol. The maximum Gasteiger partial charge on any atom is 0.410 e. The van der Waals surface area contributed by atoms with E-state index in [1.54, 1.807) is 32.5 Å². The average Bonchev–Trinajstić information content (AvgIpc) is 2.60. The fourth-order valence-corrected chi connectivity index (χ4v) is 3.05. The van der Waals surface area contributed by atoms with Gasteiger partial charge in [0.2, 0.25) is 5.91 Å². The Bertz CT molecular complexity index is 755. The number of nitrogens with zero attached hydrogens (tertiary/aromatic N) is 1. The van der Waals surface area contributed by atoms with E-state index < -0.39 is 11.7 Å². The zero-order chi connectivity index (χ0) is 19.9. The zero-order valence-electron chi connectivity index (χ0n) is 16.2. The van der Waals surface area contributed by atoms with Crippen molar-refractivity contribution < 1.29 is 14.3 Å². The first-order valence-corrected chi connectivity index (χ1v) is 9.72. The first kappa shape index (κ1) is 20.8. The number of carbonyl (C=O) groups is 2. The van der Waals surface area contributed by atoms with Crippen molar-refractivity contribution in [3.05, 3.63) is 60.2 Å². The molecule has 27 heavy (non-hydrogen) atoms. The van der Waals surface area contributed by atoms with E-state index in [4.69, 9.17) is 4.74 Å². The Labute approximate surface area is 165 Å². The molecule has 0 aliphatic rings. The monoisotopic (exact) mass is 386 g/mol. The van der Waals surface area contributed by atoms with Crippen molar-refractivity contribution in [1.82, 2.24) is 4.90 Å². The van der Waals surface area contributed by atoms with Crippen molar-refractivity contribution in [2.24, 2.45) is 0 Å². The maximum atomic E-state index is 12.1. The molecule has 0 saturated heterocycles. The third kappa shape index (κ3) is 7.74. The summed E-state index contributed by atoms with van der Waals surface area (Å²) >= 11 is 1.74. The molecule has 0 aliphatic heterocycles. The highest BCUT2D eigenvalue weighted by molar-refractivity contribution is 7.98. The first-order valence-electron chi connectivity index (χ1n) is 8.74. The summed E-state index contributed by atoms with van der Waals surface area (Å²) in [5.74, 6) is 0.626. The van der Waals surface area contributed by atoms with Crippen molar-refractivity contribution >= 4 is 29.4 Å². The van der Waals surface area contributed by atoms with Crippen LogP contribution in [0, 0.1) is 0 Å². The van der Waals surface area contributed by atoms with Crippen LogP contribution >= 0.6 is 11.8 Å². The van der Waals surface area contributed by atoms with Crippen LogP contribution in [-0.4, -0.2) is 36.1 Å². The number of thioether (sulfide) groups is 1. The van der Waals surface area contributed by atoms with Gasteiger partial charge in [0.25, 0.3) is 0 Å². The van der Waals surface area contributed by atoms with Crippen LogP contribution in [0.5, 0.6) is 0 Å². The molecule has 2 aromatic carbocycles. The van der Waals surface area contributed by atoms with Gasteiger partial charge in [0.15, 0.2) is 0 Å². The number of anilines is 1. The lowest BCUT2D eigenvalue weighted by molar-refractivity contribution is -0.117. The molecular formula is C21H26N2O3S. The third-order valence-corrected chi connectivity index (χ3v) is 4.56. The Morgan fingerprint density at radius 3 is 2.26 bits per heavy atom. The van der Waals surface area contributed by atoms with Gasteiger partial charge in [0.1, 0.15) is 12.1 Å². The number of ether oxygens (including phenoxy) is 1. The number of likely N-dealkylation sites (N-methyl/N-ethyl adjacent to an activating group) is 1. The fourth-order valence-electron chi connectivity index (χ4n) is 2.20. The predicted molar refractivity (Wildman–Crippen MR) is 110 cm³/mol. The highest BCUT2D eigenvalue weighted by atomic mass is 32.2. The molecule has 0 radical (unpaired) electrons. The molecule has 2 aromatic rings. The van der Waals surface area contributed by atoms with Crippen LogP contribution in [0.2, 0.25) is 0 Å². The summed E-state index contributed by atoms with van der Waals surface area (Å²) < 4.78 is 5.23. The van der Waals surface area contributed by atoms with E-state index in [1.165, 1.54) is 17.5 Å². The van der Waals surface area contributed by atoms with Gasteiger partial charge in [-0.05, 0) is 50.6 Å². The Balaban J connectivity index is 1.81. The van der Waals surface area contributed by atoms with Crippen LogP contribution in [0.3, 0.4) is 0 Å². The molecule has 0 bridgehead atoms. The van der Waals surface area contributed by atoms with Crippen molar-refractivity contribution in [3.63, 3.8) is 0 Å². The van der Waals surface area contributed by atoms with Crippen molar-refractivity contribution in [1.29, 1.82) is 0 Å². The summed E-state index contributed by atoms with van der Waals surface area (Å²) in [6.45, 7) is 5.29. The van der Waals surface area contributed by atoms with E-state index in [2.05, 4.69) is 17.4 Å². The maximum absolute atomic E-state index is 12.1. The number of hydrogen-bond donors (Lipinski definition) is 1.